The summed E-state index contributed by atoms with van der Waals surface area (Å²) >= 11 is 0. The number of unbranched alkanes of at least 4 members (excludes halogenated alkanes) is 1. The van der Waals surface area contributed by atoms with E-state index < -0.39 is 21.7 Å². The molecule has 0 heterocycles. The molecule has 19 heavy (non-hydrogen) atoms. The molecular weight excluding hydrogens is 274 g/mol. The summed E-state index contributed by atoms with van der Waals surface area (Å²) in [6.45, 7) is 2.58. The van der Waals surface area contributed by atoms with Gasteiger partial charge < -0.3 is 5.73 Å². The molecule has 0 saturated carbocycles. The maximum atomic E-state index is 13.1. The van der Waals surface area contributed by atoms with Gasteiger partial charge in [0.1, 0.15) is 0 Å². The molecule has 4 nitrogen and oxygen atoms in total. The summed E-state index contributed by atoms with van der Waals surface area (Å²) in [4.78, 5) is -0.254. The van der Waals surface area contributed by atoms with Gasteiger partial charge in [0.15, 0.2) is 11.6 Å². The molecule has 0 bridgehead atoms. The Bertz CT molecular complexity index is 520. The van der Waals surface area contributed by atoms with Gasteiger partial charge in [-0.15, -0.1) is 0 Å². The molecule has 0 aliphatic rings. The molecule has 0 atom stereocenters. The molecule has 7 heteroatoms. The Kier molecular flexibility index (Phi) is 5.84. The predicted octanol–water partition coefficient (Wildman–Crippen LogP) is 1.71. The third-order valence-electron chi connectivity index (χ3n) is 2.67. The Morgan fingerprint density at radius 2 is 1.89 bits per heavy atom. The van der Waals surface area contributed by atoms with Gasteiger partial charge in [0, 0.05) is 19.6 Å². The van der Waals surface area contributed by atoms with E-state index in [1.807, 2.05) is 6.92 Å². The van der Waals surface area contributed by atoms with Crippen molar-refractivity contribution in [1.82, 2.24) is 4.31 Å². The normalized spacial score (nSPS) is 12.1. The number of rotatable bonds is 7. The number of sulfonamides is 1. The maximum Gasteiger partial charge on any atom is 0.243 e. The van der Waals surface area contributed by atoms with Crippen LogP contribution in [0.4, 0.5) is 8.78 Å². The first-order valence-corrected chi connectivity index (χ1v) is 7.52. The molecule has 0 unspecified atom stereocenters. The SMILES string of the molecule is CCCCN(CCN)S(=O)(=O)c1ccc(F)c(F)c1. The second-order valence-corrected chi connectivity index (χ2v) is 6.06. The van der Waals surface area contributed by atoms with E-state index in [9.17, 15) is 17.2 Å². The van der Waals surface area contributed by atoms with E-state index in [4.69, 9.17) is 5.73 Å². The van der Waals surface area contributed by atoms with Crippen molar-refractivity contribution < 1.29 is 17.2 Å². The second kappa shape index (κ2) is 6.93. The van der Waals surface area contributed by atoms with Crippen LogP contribution >= 0.6 is 0 Å². The molecule has 0 radical (unpaired) electrons. The number of halogens is 2. The van der Waals surface area contributed by atoms with Crippen LogP contribution in [0.5, 0.6) is 0 Å². The third kappa shape index (κ3) is 3.95. The lowest BCUT2D eigenvalue weighted by atomic mass is 10.3. The van der Waals surface area contributed by atoms with Gasteiger partial charge in [0.25, 0.3) is 0 Å². The van der Waals surface area contributed by atoms with Crippen LogP contribution in [0.2, 0.25) is 0 Å². The average Bonchev–Trinajstić information content (AvgIpc) is 2.37. The summed E-state index contributed by atoms with van der Waals surface area (Å²) in [5.74, 6) is -2.25. The van der Waals surface area contributed by atoms with Crippen molar-refractivity contribution in [3.8, 4) is 0 Å². The summed E-state index contributed by atoms with van der Waals surface area (Å²) in [7, 11) is -3.83. The summed E-state index contributed by atoms with van der Waals surface area (Å²) in [6, 6.07) is 2.56. The van der Waals surface area contributed by atoms with Gasteiger partial charge in [-0.3, -0.25) is 0 Å². The summed E-state index contributed by atoms with van der Waals surface area (Å²) < 4.78 is 51.7. The standard InChI is InChI=1S/C12H18F2N2O2S/c1-2-3-7-16(8-6-15)19(17,18)10-4-5-11(13)12(14)9-10/h4-5,9H,2-3,6-8,15H2,1H3. The number of nitrogens with two attached hydrogens (primary N) is 1. The molecule has 0 aromatic heterocycles. The smallest absolute Gasteiger partial charge is 0.243 e. The number of hydrogen-bond donors (Lipinski definition) is 1. The van der Waals surface area contributed by atoms with Crippen LogP contribution in [0.1, 0.15) is 19.8 Å². The van der Waals surface area contributed by atoms with Gasteiger partial charge in [-0.2, -0.15) is 4.31 Å². The van der Waals surface area contributed by atoms with Crippen LogP contribution < -0.4 is 5.73 Å². The molecule has 0 spiro atoms. The van der Waals surface area contributed by atoms with E-state index in [0.29, 0.717) is 19.0 Å². The van der Waals surface area contributed by atoms with E-state index in [0.717, 1.165) is 18.6 Å². The largest absolute Gasteiger partial charge is 0.329 e. The van der Waals surface area contributed by atoms with Crippen molar-refractivity contribution in [3.63, 3.8) is 0 Å². The Morgan fingerprint density at radius 3 is 2.42 bits per heavy atom. The van der Waals surface area contributed by atoms with Crippen LogP contribution in [-0.4, -0.2) is 32.4 Å². The van der Waals surface area contributed by atoms with Crippen LogP contribution in [0.25, 0.3) is 0 Å². The van der Waals surface area contributed by atoms with Crippen molar-refractivity contribution >= 4 is 10.0 Å². The summed E-state index contributed by atoms with van der Waals surface area (Å²) in [5.41, 5.74) is 5.39. The Labute approximate surface area is 112 Å². The van der Waals surface area contributed by atoms with Crippen LogP contribution in [-0.2, 0) is 10.0 Å². The lowest BCUT2D eigenvalue weighted by Gasteiger charge is -2.21. The Morgan fingerprint density at radius 1 is 1.21 bits per heavy atom. The first kappa shape index (κ1) is 16.0. The summed E-state index contributed by atoms with van der Waals surface area (Å²) in [6.07, 6.45) is 1.51. The third-order valence-corrected chi connectivity index (χ3v) is 4.56. The second-order valence-electron chi connectivity index (χ2n) is 4.12. The highest BCUT2D eigenvalue weighted by Gasteiger charge is 2.24. The van der Waals surface area contributed by atoms with E-state index in [-0.39, 0.29) is 18.0 Å². The Balaban J connectivity index is 3.07. The van der Waals surface area contributed by atoms with Gasteiger partial charge >= 0.3 is 0 Å². The first-order valence-electron chi connectivity index (χ1n) is 6.08. The van der Waals surface area contributed by atoms with Crippen LogP contribution in [0.15, 0.2) is 23.1 Å². The highest BCUT2D eigenvalue weighted by Crippen LogP contribution is 2.18. The zero-order valence-corrected chi connectivity index (χ0v) is 11.6. The quantitative estimate of drug-likeness (QED) is 0.832. The number of nitrogens with zero attached hydrogens (tertiary/aromatic N) is 1. The average molecular weight is 292 g/mol. The molecule has 2 N–H and O–H groups in total. The number of benzene rings is 1. The van der Waals surface area contributed by atoms with Crippen molar-refractivity contribution in [2.45, 2.75) is 24.7 Å². The van der Waals surface area contributed by atoms with Crippen molar-refractivity contribution in [1.29, 1.82) is 0 Å². The van der Waals surface area contributed by atoms with E-state index in [1.165, 1.54) is 4.31 Å². The van der Waals surface area contributed by atoms with Crippen LogP contribution in [0.3, 0.4) is 0 Å². The van der Waals surface area contributed by atoms with Crippen molar-refractivity contribution in [2.75, 3.05) is 19.6 Å². The van der Waals surface area contributed by atoms with Crippen molar-refractivity contribution in [2.24, 2.45) is 5.73 Å². The predicted molar refractivity (Wildman–Crippen MR) is 69.1 cm³/mol. The molecule has 0 fully saturated rings. The zero-order valence-electron chi connectivity index (χ0n) is 10.8. The van der Waals surface area contributed by atoms with Crippen molar-refractivity contribution in [3.05, 3.63) is 29.8 Å². The van der Waals surface area contributed by atoms with Crippen LogP contribution in [0, 0.1) is 11.6 Å². The van der Waals surface area contributed by atoms with Gasteiger partial charge in [0.05, 0.1) is 4.90 Å². The lowest BCUT2D eigenvalue weighted by Crippen LogP contribution is -2.36. The topological polar surface area (TPSA) is 63.4 Å². The highest BCUT2D eigenvalue weighted by molar-refractivity contribution is 7.89. The minimum absolute atomic E-state index is 0.154. The molecule has 1 aromatic carbocycles. The Hall–Kier alpha value is -1.05. The van der Waals surface area contributed by atoms with Gasteiger partial charge in [0.2, 0.25) is 10.0 Å². The fraction of sp³-hybridized carbons (Fsp3) is 0.500. The molecule has 0 amide bonds. The molecular formula is C12H18F2N2O2S. The van der Waals surface area contributed by atoms with E-state index >= 15 is 0 Å². The minimum Gasteiger partial charge on any atom is -0.329 e. The maximum absolute atomic E-state index is 13.1. The monoisotopic (exact) mass is 292 g/mol. The molecule has 0 saturated heterocycles. The fourth-order valence-electron chi connectivity index (χ4n) is 1.62. The summed E-state index contributed by atoms with van der Waals surface area (Å²) in [5, 5.41) is 0. The first-order chi connectivity index (χ1) is 8.93. The highest BCUT2D eigenvalue weighted by atomic mass is 32.2. The van der Waals surface area contributed by atoms with Gasteiger partial charge in [-0.1, -0.05) is 13.3 Å². The molecule has 1 rings (SSSR count). The fourth-order valence-corrected chi connectivity index (χ4v) is 3.12. The van der Waals surface area contributed by atoms with E-state index in [1.54, 1.807) is 0 Å². The van der Waals surface area contributed by atoms with Gasteiger partial charge in [-0.05, 0) is 24.6 Å². The molecule has 1 aromatic rings. The van der Waals surface area contributed by atoms with E-state index in [2.05, 4.69) is 0 Å². The minimum atomic E-state index is -3.83. The number of hydrogen-bond acceptors (Lipinski definition) is 3. The molecule has 108 valence electrons. The van der Waals surface area contributed by atoms with Gasteiger partial charge in [-0.25, -0.2) is 17.2 Å². The lowest BCUT2D eigenvalue weighted by molar-refractivity contribution is 0.409. The molecule has 0 aliphatic heterocycles. The molecule has 0 aliphatic carbocycles. The zero-order chi connectivity index (χ0) is 14.5.